The van der Waals surface area contributed by atoms with E-state index < -0.39 is 0 Å². The summed E-state index contributed by atoms with van der Waals surface area (Å²) in [5.74, 6) is 0.884. The monoisotopic (exact) mass is 417 g/mol. The molecule has 31 heavy (non-hydrogen) atoms. The zero-order chi connectivity index (χ0) is 22.1. The van der Waals surface area contributed by atoms with E-state index in [1.807, 2.05) is 69.0 Å². The van der Waals surface area contributed by atoms with Crippen molar-refractivity contribution in [2.75, 3.05) is 6.54 Å². The van der Waals surface area contributed by atoms with Gasteiger partial charge in [0.25, 0.3) is 5.56 Å². The third-order valence-electron chi connectivity index (χ3n) is 6.56. The minimum Gasteiger partial charge on any atom is -0.333 e. The maximum atomic E-state index is 13.6. The van der Waals surface area contributed by atoms with Crippen molar-refractivity contribution in [1.82, 2.24) is 14.5 Å². The van der Waals surface area contributed by atoms with Gasteiger partial charge in [-0.3, -0.25) is 14.2 Å². The maximum absolute atomic E-state index is 13.6. The lowest BCUT2D eigenvalue weighted by Crippen LogP contribution is -2.40. The minimum absolute atomic E-state index is 0.0872. The summed E-state index contributed by atoms with van der Waals surface area (Å²) in [5.41, 5.74) is 3.55. The van der Waals surface area contributed by atoms with E-state index in [0.717, 1.165) is 42.5 Å². The highest BCUT2D eigenvalue weighted by Gasteiger charge is 2.32. The Hall–Kier alpha value is -2.95. The molecule has 1 aliphatic rings. The SMILES string of the molecule is CCN(C(=O)C1CCCC1)C(C)c1nc2ccccc2c(=O)n1-c1ccc(C)cc1C. The third-order valence-corrected chi connectivity index (χ3v) is 6.56. The van der Waals surface area contributed by atoms with E-state index in [1.54, 1.807) is 4.57 Å². The van der Waals surface area contributed by atoms with Crippen molar-refractivity contribution >= 4 is 16.8 Å². The highest BCUT2D eigenvalue weighted by Crippen LogP contribution is 2.31. The van der Waals surface area contributed by atoms with Gasteiger partial charge >= 0.3 is 0 Å². The van der Waals surface area contributed by atoms with Crippen molar-refractivity contribution in [3.05, 3.63) is 69.8 Å². The maximum Gasteiger partial charge on any atom is 0.266 e. The number of hydrogen-bond donors (Lipinski definition) is 0. The molecule has 0 saturated heterocycles. The average molecular weight is 418 g/mol. The molecule has 5 heteroatoms. The molecule has 1 amide bonds. The first kappa shape index (κ1) is 21.3. The summed E-state index contributed by atoms with van der Waals surface area (Å²) < 4.78 is 1.71. The van der Waals surface area contributed by atoms with Crippen LogP contribution in [0.25, 0.3) is 16.6 Å². The molecule has 0 aliphatic heterocycles. The van der Waals surface area contributed by atoms with Crippen molar-refractivity contribution < 1.29 is 4.79 Å². The number of benzene rings is 2. The first-order chi connectivity index (χ1) is 14.9. The Morgan fingerprint density at radius 2 is 1.87 bits per heavy atom. The fourth-order valence-corrected chi connectivity index (χ4v) is 4.89. The standard InChI is InChI=1S/C26H31N3O2/c1-5-28(25(30)20-10-6-7-11-20)19(4)24-27-22-13-9-8-12-21(22)26(31)29(24)23-15-14-17(2)16-18(23)3/h8-9,12-16,19-20H,5-7,10-11H2,1-4H3. The number of fused-ring (bicyclic) bond motifs is 1. The Bertz CT molecular complexity index is 1170. The molecule has 0 N–H and O–H groups in total. The van der Waals surface area contributed by atoms with Crippen molar-refractivity contribution in [3.63, 3.8) is 0 Å². The van der Waals surface area contributed by atoms with E-state index in [9.17, 15) is 9.59 Å². The van der Waals surface area contributed by atoms with Crippen LogP contribution < -0.4 is 5.56 Å². The van der Waals surface area contributed by atoms with Gasteiger partial charge in [-0.2, -0.15) is 0 Å². The molecular weight excluding hydrogens is 386 g/mol. The Morgan fingerprint density at radius 1 is 1.16 bits per heavy atom. The molecule has 1 fully saturated rings. The predicted molar refractivity (Wildman–Crippen MR) is 125 cm³/mol. The van der Waals surface area contributed by atoms with E-state index in [4.69, 9.17) is 4.98 Å². The van der Waals surface area contributed by atoms with Gasteiger partial charge in [-0.05, 0) is 64.3 Å². The Morgan fingerprint density at radius 3 is 2.55 bits per heavy atom. The molecule has 1 atom stereocenters. The Labute approximate surface area is 183 Å². The van der Waals surface area contributed by atoms with Gasteiger partial charge in [0.05, 0.1) is 22.6 Å². The highest BCUT2D eigenvalue weighted by atomic mass is 16.2. The largest absolute Gasteiger partial charge is 0.333 e. The molecule has 1 aliphatic carbocycles. The second-order valence-corrected chi connectivity index (χ2v) is 8.70. The fourth-order valence-electron chi connectivity index (χ4n) is 4.89. The zero-order valence-corrected chi connectivity index (χ0v) is 18.9. The normalized spacial score (nSPS) is 15.4. The minimum atomic E-state index is -0.309. The molecule has 2 aromatic carbocycles. The summed E-state index contributed by atoms with van der Waals surface area (Å²) in [5, 5.41) is 0.587. The number of carbonyl (C=O) groups is 1. The summed E-state index contributed by atoms with van der Waals surface area (Å²) in [6.07, 6.45) is 4.14. The van der Waals surface area contributed by atoms with Gasteiger partial charge < -0.3 is 4.90 Å². The van der Waals surface area contributed by atoms with Crippen LogP contribution in [0.4, 0.5) is 0 Å². The van der Waals surface area contributed by atoms with Gasteiger partial charge in [0, 0.05) is 12.5 Å². The second kappa shape index (κ2) is 8.66. The molecule has 3 aromatic rings. The van der Waals surface area contributed by atoms with Crippen LogP contribution in [0.5, 0.6) is 0 Å². The number of aryl methyl sites for hydroxylation is 2. The summed E-state index contributed by atoms with van der Waals surface area (Å²) in [4.78, 5) is 33.8. The van der Waals surface area contributed by atoms with Crippen LogP contribution in [0.1, 0.15) is 62.5 Å². The third kappa shape index (κ3) is 3.89. The van der Waals surface area contributed by atoms with Crippen LogP contribution >= 0.6 is 0 Å². The van der Waals surface area contributed by atoms with Crippen LogP contribution in [-0.2, 0) is 4.79 Å². The molecule has 0 bridgehead atoms. The van der Waals surface area contributed by atoms with Crippen molar-refractivity contribution in [1.29, 1.82) is 0 Å². The Kier molecular flexibility index (Phi) is 5.94. The number of amides is 1. The predicted octanol–water partition coefficient (Wildman–Crippen LogP) is 5.10. The Balaban J connectivity index is 1.91. The van der Waals surface area contributed by atoms with Gasteiger partial charge in [-0.25, -0.2) is 4.98 Å². The van der Waals surface area contributed by atoms with Gasteiger partial charge in [0.15, 0.2) is 0 Å². The van der Waals surface area contributed by atoms with Gasteiger partial charge in [0.2, 0.25) is 5.91 Å². The molecule has 4 rings (SSSR count). The number of nitrogens with zero attached hydrogens (tertiary/aromatic N) is 3. The lowest BCUT2D eigenvalue weighted by molar-refractivity contribution is -0.137. The molecule has 0 radical (unpaired) electrons. The van der Waals surface area contributed by atoms with E-state index in [2.05, 4.69) is 6.07 Å². The number of rotatable bonds is 5. The highest BCUT2D eigenvalue weighted by molar-refractivity contribution is 5.80. The molecule has 1 aromatic heterocycles. The number of carbonyl (C=O) groups excluding carboxylic acids is 1. The van der Waals surface area contributed by atoms with Crippen LogP contribution in [0.15, 0.2) is 47.3 Å². The summed E-state index contributed by atoms with van der Waals surface area (Å²) >= 11 is 0. The lowest BCUT2D eigenvalue weighted by atomic mass is 10.0. The van der Waals surface area contributed by atoms with E-state index >= 15 is 0 Å². The smallest absolute Gasteiger partial charge is 0.266 e. The quantitative estimate of drug-likeness (QED) is 0.580. The first-order valence-corrected chi connectivity index (χ1v) is 11.3. The second-order valence-electron chi connectivity index (χ2n) is 8.70. The molecular formula is C26H31N3O2. The number of hydrogen-bond acceptors (Lipinski definition) is 3. The summed E-state index contributed by atoms with van der Waals surface area (Å²) in [6, 6.07) is 13.2. The van der Waals surface area contributed by atoms with E-state index in [-0.39, 0.29) is 23.4 Å². The molecule has 1 heterocycles. The first-order valence-electron chi connectivity index (χ1n) is 11.3. The van der Waals surface area contributed by atoms with E-state index in [0.29, 0.717) is 23.3 Å². The molecule has 162 valence electrons. The number of para-hydroxylation sites is 1. The topological polar surface area (TPSA) is 55.2 Å². The van der Waals surface area contributed by atoms with E-state index in [1.165, 1.54) is 0 Å². The summed E-state index contributed by atoms with van der Waals surface area (Å²) in [6.45, 7) is 8.64. The fraction of sp³-hybridized carbons (Fsp3) is 0.423. The average Bonchev–Trinajstić information content (AvgIpc) is 3.30. The van der Waals surface area contributed by atoms with Crippen LogP contribution in [0.2, 0.25) is 0 Å². The van der Waals surface area contributed by atoms with Gasteiger partial charge in [-0.15, -0.1) is 0 Å². The molecule has 1 unspecified atom stereocenters. The van der Waals surface area contributed by atoms with Crippen molar-refractivity contribution in [3.8, 4) is 5.69 Å². The van der Waals surface area contributed by atoms with Crippen LogP contribution in [-0.4, -0.2) is 26.9 Å². The molecule has 1 saturated carbocycles. The molecule has 5 nitrogen and oxygen atoms in total. The van der Waals surface area contributed by atoms with Crippen molar-refractivity contribution in [2.24, 2.45) is 5.92 Å². The number of aromatic nitrogens is 2. The van der Waals surface area contributed by atoms with Crippen molar-refractivity contribution in [2.45, 2.75) is 59.4 Å². The summed E-state index contributed by atoms with van der Waals surface area (Å²) in [7, 11) is 0. The molecule has 0 spiro atoms. The zero-order valence-electron chi connectivity index (χ0n) is 18.9. The van der Waals surface area contributed by atoms with Gasteiger partial charge in [0.1, 0.15) is 5.82 Å². The lowest BCUT2D eigenvalue weighted by Gasteiger charge is -2.31. The van der Waals surface area contributed by atoms with Gasteiger partial charge in [-0.1, -0.05) is 42.7 Å². The van der Waals surface area contributed by atoms with Crippen LogP contribution in [0, 0.1) is 19.8 Å². The van der Waals surface area contributed by atoms with Crippen LogP contribution in [0.3, 0.4) is 0 Å².